The van der Waals surface area contributed by atoms with Gasteiger partial charge in [0.25, 0.3) is 0 Å². The number of likely N-dealkylation sites (N-methyl/N-ethyl adjacent to an activating group) is 1. The van der Waals surface area contributed by atoms with E-state index in [0.29, 0.717) is 0 Å². The highest BCUT2D eigenvalue weighted by atomic mass is 16.3. The van der Waals surface area contributed by atoms with Crippen LogP contribution in [0, 0.1) is 0 Å². The molecule has 0 aliphatic heterocycles. The van der Waals surface area contributed by atoms with Crippen molar-refractivity contribution in [2.75, 3.05) is 7.05 Å². The van der Waals surface area contributed by atoms with Gasteiger partial charge in [-0.05, 0) is 19.2 Å². The Balaban J connectivity index is 2.16. The summed E-state index contributed by atoms with van der Waals surface area (Å²) in [5.74, 6) is 1.06. The van der Waals surface area contributed by atoms with Crippen LogP contribution in [0.2, 0.25) is 0 Å². The Morgan fingerprint density at radius 3 is 2.88 bits per heavy atom. The van der Waals surface area contributed by atoms with Gasteiger partial charge in [-0.25, -0.2) is 0 Å². The highest BCUT2D eigenvalue weighted by Crippen LogP contribution is 2.22. The Morgan fingerprint density at radius 1 is 1.47 bits per heavy atom. The van der Waals surface area contributed by atoms with Crippen molar-refractivity contribution in [1.29, 1.82) is 0 Å². The number of hydrogen-bond donors (Lipinski definition) is 1. The first-order valence-electron chi connectivity index (χ1n) is 5.96. The van der Waals surface area contributed by atoms with Crippen molar-refractivity contribution in [3.05, 3.63) is 41.6 Å². The van der Waals surface area contributed by atoms with Crippen LogP contribution in [-0.4, -0.2) is 16.8 Å². The van der Waals surface area contributed by atoms with Crippen LogP contribution in [0.5, 0.6) is 0 Å². The standard InChI is InChI=1S/C13H19N3O/c1-4-13-11(6-8-17-13)12(14-2)9-10-5-7-16(3)15-10/h5-8,12,14H,4,9H2,1-3H3. The Labute approximate surface area is 102 Å². The zero-order valence-electron chi connectivity index (χ0n) is 10.6. The normalized spacial score (nSPS) is 12.9. The second-order valence-corrected chi connectivity index (χ2v) is 4.18. The van der Waals surface area contributed by atoms with Crippen LogP contribution in [0.15, 0.2) is 29.0 Å². The summed E-state index contributed by atoms with van der Waals surface area (Å²) in [6.45, 7) is 2.11. The average molecular weight is 233 g/mol. The maximum absolute atomic E-state index is 5.47. The molecule has 2 heterocycles. The molecule has 2 aromatic heterocycles. The number of hydrogen-bond acceptors (Lipinski definition) is 3. The zero-order valence-corrected chi connectivity index (χ0v) is 10.6. The predicted molar refractivity (Wildman–Crippen MR) is 66.8 cm³/mol. The lowest BCUT2D eigenvalue weighted by Gasteiger charge is -2.14. The maximum Gasteiger partial charge on any atom is 0.108 e. The fraction of sp³-hybridized carbons (Fsp3) is 0.462. The molecule has 0 saturated carbocycles. The van der Waals surface area contributed by atoms with Crippen molar-refractivity contribution in [1.82, 2.24) is 15.1 Å². The van der Waals surface area contributed by atoms with Crippen molar-refractivity contribution in [2.24, 2.45) is 7.05 Å². The highest BCUT2D eigenvalue weighted by molar-refractivity contribution is 5.23. The quantitative estimate of drug-likeness (QED) is 0.859. The third kappa shape index (κ3) is 2.58. The van der Waals surface area contributed by atoms with Crippen LogP contribution >= 0.6 is 0 Å². The summed E-state index contributed by atoms with van der Waals surface area (Å²) in [4.78, 5) is 0. The molecule has 0 bridgehead atoms. The molecule has 0 saturated heterocycles. The van der Waals surface area contributed by atoms with Gasteiger partial charge in [-0.2, -0.15) is 5.10 Å². The van der Waals surface area contributed by atoms with Crippen LogP contribution in [0.4, 0.5) is 0 Å². The second kappa shape index (κ2) is 5.19. The molecule has 2 aromatic rings. The summed E-state index contributed by atoms with van der Waals surface area (Å²) in [5.41, 5.74) is 2.33. The van der Waals surface area contributed by atoms with Gasteiger partial charge in [-0.1, -0.05) is 6.92 Å². The molecule has 17 heavy (non-hydrogen) atoms. The molecule has 4 heteroatoms. The van der Waals surface area contributed by atoms with Gasteiger partial charge in [-0.15, -0.1) is 0 Å². The smallest absolute Gasteiger partial charge is 0.108 e. The van der Waals surface area contributed by atoms with E-state index in [1.165, 1.54) is 5.56 Å². The van der Waals surface area contributed by atoms with Gasteiger partial charge in [0.15, 0.2) is 0 Å². The average Bonchev–Trinajstić information content (AvgIpc) is 2.94. The van der Waals surface area contributed by atoms with E-state index in [4.69, 9.17) is 4.42 Å². The SMILES string of the molecule is CCc1occc1C(Cc1ccn(C)n1)NC. The van der Waals surface area contributed by atoms with Crippen molar-refractivity contribution in [2.45, 2.75) is 25.8 Å². The lowest BCUT2D eigenvalue weighted by Crippen LogP contribution is -2.19. The van der Waals surface area contributed by atoms with Gasteiger partial charge in [0.2, 0.25) is 0 Å². The molecule has 4 nitrogen and oxygen atoms in total. The number of nitrogens with zero attached hydrogens (tertiary/aromatic N) is 2. The first-order chi connectivity index (χ1) is 8.24. The molecule has 0 aliphatic rings. The topological polar surface area (TPSA) is 43.0 Å². The number of furan rings is 1. The molecular formula is C13H19N3O. The van der Waals surface area contributed by atoms with Crippen molar-refractivity contribution >= 4 is 0 Å². The zero-order chi connectivity index (χ0) is 12.3. The van der Waals surface area contributed by atoms with E-state index in [9.17, 15) is 0 Å². The van der Waals surface area contributed by atoms with E-state index < -0.39 is 0 Å². The third-order valence-electron chi connectivity index (χ3n) is 3.01. The molecular weight excluding hydrogens is 214 g/mol. The van der Waals surface area contributed by atoms with Crippen LogP contribution in [-0.2, 0) is 19.9 Å². The number of nitrogens with one attached hydrogen (secondary N) is 1. The van der Waals surface area contributed by atoms with Gasteiger partial charge < -0.3 is 9.73 Å². The fourth-order valence-electron chi connectivity index (χ4n) is 2.10. The molecule has 1 atom stereocenters. The Hall–Kier alpha value is -1.55. The van der Waals surface area contributed by atoms with E-state index in [-0.39, 0.29) is 6.04 Å². The largest absolute Gasteiger partial charge is 0.469 e. The van der Waals surface area contributed by atoms with Crippen LogP contribution < -0.4 is 5.32 Å². The molecule has 0 amide bonds. The van der Waals surface area contributed by atoms with E-state index in [2.05, 4.69) is 23.4 Å². The van der Waals surface area contributed by atoms with E-state index in [0.717, 1.165) is 24.3 Å². The monoisotopic (exact) mass is 233 g/mol. The molecule has 0 spiro atoms. The van der Waals surface area contributed by atoms with Crippen molar-refractivity contribution in [3.63, 3.8) is 0 Å². The summed E-state index contributed by atoms with van der Waals surface area (Å²) in [6, 6.07) is 4.36. The Kier molecular flexibility index (Phi) is 3.64. The first-order valence-corrected chi connectivity index (χ1v) is 5.96. The summed E-state index contributed by atoms with van der Waals surface area (Å²) < 4.78 is 7.31. The molecule has 1 unspecified atom stereocenters. The molecule has 1 N–H and O–H groups in total. The van der Waals surface area contributed by atoms with Gasteiger partial charge in [0.05, 0.1) is 12.0 Å². The predicted octanol–water partition coefficient (Wildman–Crippen LogP) is 2.08. The minimum absolute atomic E-state index is 0.263. The van der Waals surface area contributed by atoms with Crippen LogP contribution in [0.1, 0.15) is 30.0 Å². The van der Waals surface area contributed by atoms with Crippen molar-refractivity contribution in [3.8, 4) is 0 Å². The number of rotatable bonds is 5. The molecule has 0 aliphatic carbocycles. The van der Waals surface area contributed by atoms with Gasteiger partial charge >= 0.3 is 0 Å². The Morgan fingerprint density at radius 2 is 2.29 bits per heavy atom. The van der Waals surface area contributed by atoms with Crippen LogP contribution in [0.25, 0.3) is 0 Å². The van der Waals surface area contributed by atoms with Crippen LogP contribution in [0.3, 0.4) is 0 Å². The summed E-state index contributed by atoms with van der Waals surface area (Å²) in [5, 5.41) is 7.74. The maximum atomic E-state index is 5.47. The molecule has 2 rings (SSSR count). The van der Waals surface area contributed by atoms with Gasteiger partial charge in [0, 0.05) is 37.7 Å². The minimum atomic E-state index is 0.263. The molecule has 0 fully saturated rings. The first kappa shape index (κ1) is 11.9. The van der Waals surface area contributed by atoms with E-state index in [1.807, 2.05) is 31.0 Å². The molecule has 0 radical (unpaired) electrons. The molecule has 92 valence electrons. The van der Waals surface area contributed by atoms with Gasteiger partial charge in [0.1, 0.15) is 5.76 Å². The lowest BCUT2D eigenvalue weighted by atomic mass is 10.0. The molecule has 0 aromatic carbocycles. The summed E-state index contributed by atoms with van der Waals surface area (Å²) >= 11 is 0. The Bertz CT molecular complexity index is 472. The number of aryl methyl sites for hydroxylation is 2. The fourth-order valence-corrected chi connectivity index (χ4v) is 2.10. The second-order valence-electron chi connectivity index (χ2n) is 4.18. The lowest BCUT2D eigenvalue weighted by molar-refractivity contribution is 0.493. The number of aromatic nitrogens is 2. The van der Waals surface area contributed by atoms with Gasteiger partial charge in [-0.3, -0.25) is 4.68 Å². The highest BCUT2D eigenvalue weighted by Gasteiger charge is 2.16. The summed E-state index contributed by atoms with van der Waals surface area (Å²) in [6.07, 6.45) is 5.53. The van der Waals surface area contributed by atoms with E-state index >= 15 is 0 Å². The van der Waals surface area contributed by atoms with E-state index in [1.54, 1.807) is 6.26 Å². The van der Waals surface area contributed by atoms with Crippen molar-refractivity contribution < 1.29 is 4.42 Å². The minimum Gasteiger partial charge on any atom is -0.469 e. The third-order valence-corrected chi connectivity index (χ3v) is 3.01. The summed E-state index contributed by atoms with van der Waals surface area (Å²) in [7, 11) is 3.91.